The highest BCUT2D eigenvalue weighted by Gasteiger charge is 2.31. The summed E-state index contributed by atoms with van der Waals surface area (Å²) in [5.74, 6) is -0.377. The number of esters is 1. The highest BCUT2D eigenvalue weighted by molar-refractivity contribution is 7.21. The third-order valence-electron chi connectivity index (χ3n) is 6.09. The van der Waals surface area contributed by atoms with Crippen LogP contribution in [0.5, 0.6) is 0 Å². The summed E-state index contributed by atoms with van der Waals surface area (Å²) in [6.07, 6.45) is 2.54. The zero-order chi connectivity index (χ0) is 23.1. The molecule has 0 radical (unpaired) electrons. The first kappa shape index (κ1) is 21.6. The number of hydrogen-bond donors (Lipinski definition) is 2. The number of amides is 1. The van der Waals surface area contributed by atoms with E-state index in [1.54, 1.807) is 0 Å². The minimum Gasteiger partial charge on any atom is -0.465 e. The van der Waals surface area contributed by atoms with Crippen molar-refractivity contribution in [3.8, 4) is 0 Å². The molecule has 3 N–H and O–H groups in total. The number of aryl methyl sites for hydroxylation is 1. The van der Waals surface area contributed by atoms with E-state index < -0.39 is 5.97 Å². The van der Waals surface area contributed by atoms with Crippen LogP contribution >= 0.6 is 22.7 Å². The van der Waals surface area contributed by atoms with E-state index in [9.17, 15) is 9.59 Å². The largest absolute Gasteiger partial charge is 0.465 e. The van der Waals surface area contributed by atoms with Crippen molar-refractivity contribution < 1.29 is 14.3 Å². The maximum Gasteiger partial charge on any atom is 0.341 e. The Morgan fingerprint density at radius 3 is 2.70 bits per heavy atom. The lowest BCUT2D eigenvalue weighted by atomic mass is 9.83. The van der Waals surface area contributed by atoms with Crippen LogP contribution in [0.15, 0.2) is 42.5 Å². The van der Waals surface area contributed by atoms with Crippen molar-refractivity contribution in [2.75, 3.05) is 18.2 Å². The second kappa shape index (κ2) is 8.61. The number of nitrogens with one attached hydrogen (secondary N) is 1. The van der Waals surface area contributed by atoms with E-state index in [4.69, 9.17) is 10.5 Å². The second-order valence-corrected chi connectivity index (χ2v) is 10.3. The number of carbonyl (C=O) groups is 2. The van der Waals surface area contributed by atoms with Crippen molar-refractivity contribution in [2.45, 2.75) is 32.1 Å². The van der Waals surface area contributed by atoms with Crippen LogP contribution in [0.4, 0.5) is 10.7 Å². The maximum absolute atomic E-state index is 13.2. The first-order chi connectivity index (χ1) is 16.0. The molecule has 0 aliphatic heterocycles. The van der Waals surface area contributed by atoms with E-state index in [0.29, 0.717) is 27.0 Å². The molecule has 3 aromatic heterocycles. The number of fused-ring (bicyclic) bond motifs is 2. The Morgan fingerprint density at radius 2 is 1.94 bits per heavy atom. The third-order valence-corrected chi connectivity index (χ3v) is 8.38. The molecule has 3 heterocycles. The van der Waals surface area contributed by atoms with Crippen molar-refractivity contribution in [1.29, 1.82) is 0 Å². The van der Waals surface area contributed by atoms with Crippen LogP contribution in [0.3, 0.4) is 0 Å². The third kappa shape index (κ3) is 3.89. The molecule has 0 bridgehead atoms. The van der Waals surface area contributed by atoms with Crippen LogP contribution in [0.2, 0.25) is 0 Å². The standard InChI is InChI=1S/C25H23N3O3S2/c1-13-8-10-17-20(26)21(33-23(17)27-13)22(29)28-24-19(25(30)31-2)16-11-9-15(12-18(16)32-24)14-6-4-3-5-7-14/h3-8,10,15H,9,11-12,26H2,1-2H3,(H,28,29). The van der Waals surface area contributed by atoms with Crippen molar-refractivity contribution in [3.05, 3.63) is 74.6 Å². The number of carbonyl (C=O) groups excluding carboxylic acids is 2. The average molecular weight is 478 g/mol. The minimum atomic E-state index is -0.428. The number of nitrogens with zero attached hydrogens (tertiary/aromatic N) is 1. The lowest BCUT2D eigenvalue weighted by molar-refractivity contribution is 0.0601. The summed E-state index contributed by atoms with van der Waals surface area (Å²) in [5.41, 5.74) is 10.3. The Hall–Kier alpha value is -3.23. The quantitative estimate of drug-likeness (QED) is 0.375. The highest BCUT2D eigenvalue weighted by atomic mass is 32.1. The van der Waals surface area contributed by atoms with Crippen LogP contribution < -0.4 is 11.1 Å². The van der Waals surface area contributed by atoms with Gasteiger partial charge in [-0.05, 0) is 55.4 Å². The van der Waals surface area contributed by atoms with Crippen LogP contribution in [0.25, 0.3) is 10.2 Å². The zero-order valence-electron chi connectivity index (χ0n) is 18.3. The summed E-state index contributed by atoms with van der Waals surface area (Å²) in [6, 6.07) is 14.2. The van der Waals surface area contributed by atoms with Crippen molar-refractivity contribution in [1.82, 2.24) is 4.98 Å². The molecule has 6 nitrogen and oxygen atoms in total. The number of nitrogen functional groups attached to an aromatic ring is 1. The monoisotopic (exact) mass is 477 g/mol. The Kier molecular flexibility index (Phi) is 5.64. The van der Waals surface area contributed by atoms with Crippen LogP contribution in [-0.2, 0) is 17.6 Å². The summed E-state index contributed by atoms with van der Waals surface area (Å²) in [5, 5.41) is 4.24. The molecule has 8 heteroatoms. The SMILES string of the molecule is COC(=O)c1c(NC(=O)c2sc3nc(C)ccc3c2N)sc2c1CCC(c1ccccc1)C2. The minimum absolute atomic E-state index is 0.337. The Labute approximate surface area is 199 Å². The zero-order valence-corrected chi connectivity index (χ0v) is 19.9. The van der Waals surface area contributed by atoms with Gasteiger partial charge in [-0.15, -0.1) is 22.7 Å². The Bertz CT molecular complexity index is 1370. The molecule has 5 rings (SSSR count). The van der Waals surface area contributed by atoms with Crippen LogP contribution in [0.1, 0.15) is 54.1 Å². The Balaban J connectivity index is 1.48. The summed E-state index contributed by atoms with van der Waals surface area (Å²) < 4.78 is 5.07. The van der Waals surface area contributed by atoms with Crippen LogP contribution in [-0.4, -0.2) is 24.0 Å². The molecule has 1 unspecified atom stereocenters. The molecule has 0 spiro atoms. The number of aromatic nitrogens is 1. The average Bonchev–Trinajstić information content (AvgIpc) is 3.35. The first-order valence-corrected chi connectivity index (χ1v) is 12.3. The number of ether oxygens (including phenoxy) is 1. The van der Waals surface area contributed by atoms with Gasteiger partial charge in [-0.1, -0.05) is 30.3 Å². The van der Waals surface area contributed by atoms with Gasteiger partial charge in [0.1, 0.15) is 14.7 Å². The smallest absolute Gasteiger partial charge is 0.341 e. The maximum atomic E-state index is 13.2. The van der Waals surface area contributed by atoms with Gasteiger partial charge in [0.15, 0.2) is 0 Å². The number of benzene rings is 1. The van der Waals surface area contributed by atoms with Gasteiger partial charge in [-0.3, -0.25) is 4.79 Å². The topological polar surface area (TPSA) is 94.3 Å². The van der Waals surface area contributed by atoms with E-state index >= 15 is 0 Å². The molecule has 1 amide bonds. The van der Waals surface area contributed by atoms with E-state index in [1.807, 2.05) is 25.1 Å². The van der Waals surface area contributed by atoms with Gasteiger partial charge in [-0.25, -0.2) is 9.78 Å². The van der Waals surface area contributed by atoms with Gasteiger partial charge >= 0.3 is 5.97 Å². The summed E-state index contributed by atoms with van der Waals surface area (Å²) >= 11 is 2.72. The fourth-order valence-corrected chi connectivity index (χ4v) is 6.77. The van der Waals surface area contributed by atoms with Gasteiger partial charge in [-0.2, -0.15) is 0 Å². The van der Waals surface area contributed by atoms with E-state index in [1.165, 1.54) is 35.3 Å². The fourth-order valence-electron chi connectivity index (χ4n) is 4.42. The molecule has 1 aliphatic carbocycles. The summed E-state index contributed by atoms with van der Waals surface area (Å²) in [7, 11) is 1.37. The van der Waals surface area contributed by atoms with Gasteiger partial charge in [0.05, 0.1) is 18.4 Å². The van der Waals surface area contributed by atoms with Crippen molar-refractivity contribution >= 4 is 55.5 Å². The molecule has 0 saturated heterocycles. The predicted octanol–water partition coefficient (Wildman–Crippen LogP) is 5.56. The number of hydrogen-bond acceptors (Lipinski definition) is 7. The molecule has 1 atom stereocenters. The molecular weight excluding hydrogens is 454 g/mol. The lowest BCUT2D eigenvalue weighted by Gasteiger charge is -2.22. The predicted molar refractivity (Wildman–Crippen MR) is 134 cm³/mol. The van der Waals surface area contributed by atoms with Gasteiger partial charge in [0.25, 0.3) is 5.91 Å². The number of methoxy groups -OCH3 is 1. The summed E-state index contributed by atoms with van der Waals surface area (Å²) in [4.78, 5) is 32.6. The Morgan fingerprint density at radius 1 is 1.15 bits per heavy atom. The van der Waals surface area contributed by atoms with Gasteiger partial charge in [0, 0.05) is 16.0 Å². The highest BCUT2D eigenvalue weighted by Crippen LogP contribution is 2.43. The number of rotatable bonds is 4. The van der Waals surface area contributed by atoms with Gasteiger partial charge < -0.3 is 15.8 Å². The van der Waals surface area contributed by atoms with Crippen molar-refractivity contribution in [3.63, 3.8) is 0 Å². The normalized spacial score (nSPS) is 15.3. The molecule has 1 aromatic carbocycles. The van der Waals surface area contributed by atoms with E-state index in [2.05, 4.69) is 34.6 Å². The molecule has 4 aromatic rings. The molecule has 168 valence electrons. The molecule has 1 aliphatic rings. The number of nitrogens with two attached hydrogens (primary N) is 1. The molecular formula is C25H23N3O3S2. The van der Waals surface area contributed by atoms with E-state index in [-0.39, 0.29) is 5.91 Å². The number of anilines is 2. The molecule has 0 fully saturated rings. The van der Waals surface area contributed by atoms with E-state index in [0.717, 1.165) is 45.6 Å². The second-order valence-electron chi connectivity index (χ2n) is 8.15. The lowest BCUT2D eigenvalue weighted by Crippen LogP contribution is -2.16. The molecule has 0 saturated carbocycles. The summed E-state index contributed by atoms with van der Waals surface area (Å²) in [6.45, 7) is 1.90. The number of thiophene rings is 2. The van der Waals surface area contributed by atoms with Crippen molar-refractivity contribution in [2.24, 2.45) is 0 Å². The molecule has 33 heavy (non-hydrogen) atoms. The first-order valence-electron chi connectivity index (χ1n) is 10.7. The fraction of sp³-hybridized carbons (Fsp3) is 0.240. The van der Waals surface area contributed by atoms with Gasteiger partial charge in [0.2, 0.25) is 0 Å². The number of pyridine rings is 1. The van der Waals surface area contributed by atoms with Crippen LogP contribution in [0, 0.1) is 6.92 Å².